The van der Waals surface area contributed by atoms with Crippen molar-refractivity contribution in [2.45, 2.75) is 117 Å². The van der Waals surface area contributed by atoms with E-state index in [1.54, 1.807) is 0 Å². The molecule has 0 aliphatic carbocycles. The molecule has 0 radical (unpaired) electrons. The minimum Gasteiger partial charge on any atom is -0.103 e. The lowest BCUT2D eigenvalue weighted by atomic mass is 10.1. The second-order valence-electron chi connectivity index (χ2n) is 5.97. The number of hydrogen-bond acceptors (Lipinski definition) is 0. The van der Waals surface area contributed by atoms with Gasteiger partial charge < -0.3 is 0 Å². The molecule has 0 fully saturated rings. The van der Waals surface area contributed by atoms with Gasteiger partial charge in [0, 0.05) is 0 Å². The van der Waals surface area contributed by atoms with Gasteiger partial charge >= 0.3 is 0 Å². The van der Waals surface area contributed by atoms with E-state index in [0.29, 0.717) is 0 Å². The van der Waals surface area contributed by atoms with Crippen LogP contribution in [0.5, 0.6) is 0 Å². The first-order valence-corrected chi connectivity index (χ1v) is 9.44. The van der Waals surface area contributed by atoms with Gasteiger partial charge in [-0.15, -0.1) is 6.58 Å². The Morgan fingerprint density at radius 1 is 0.500 bits per heavy atom. The molecular formula is C20H42. The molecule has 122 valence electrons. The van der Waals surface area contributed by atoms with Crippen LogP contribution in [-0.2, 0) is 0 Å². The molecule has 0 unspecified atom stereocenters. The second kappa shape index (κ2) is 23.8. The van der Waals surface area contributed by atoms with E-state index in [-0.39, 0.29) is 0 Å². The lowest BCUT2D eigenvalue weighted by Gasteiger charge is -1.97. The summed E-state index contributed by atoms with van der Waals surface area (Å²) < 4.78 is 0. The summed E-state index contributed by atoms with van der Waals surface area (Å²) in [5.74, 6) is 0. The quantitative estimate of drug-likeness (QED) is 0.223. The van der Waals surface area contributed by atoms with Gasteiger partial charge in [-0.3, -0.25) is 0 Å². The topological polar surface area (TPSA) is 0 Å². The van der Waals surface area contributed by atoms with Crippen LogP contribution in [0.25, 0.3) is 0 Å². The molecule has 0 amide bonds. The normalized spacial score (nSPS) is 9.95. The van der Waals surface area contributed by atoms with E-state index >= 15 is 0 Å². The molecule has 0 aliphatic rings. The lowest BCUT2D eigenvalue weighted by Crippen LogP contribution is -1.77. The molecule has 0 atom stereocenters. The first-order chi connectivity index (χ1) is 9.83. The molecule has 0 aromatic carbocycles. The Morgan fingerprint density at radius 3 is 1.10 bits per heavy atom. The van der Waals surface area contributed by atoms with Gasteiger partial charge in [0.1, 0.15) is 0 Å². The maximum Gasteiger partial charge on any atom is -0.0353 e. The molecule has 0 heterocycles. The van der Waals surface area contributed by atoms with Crippen LogP contribution in [-0.4, -0.2) is 0 Å². The van der Waals surface area contributed by atoms with Gasteiger partial charge in [0.05, 0.1) is 0 Å². The van der Waals surface area contributed by atoms with Crippen LogP contribution in [0.1, 0.15) is 117 Å². The molecule has 0 rings (SSSR count). The summed E-state index contributed by atoms with van der Waals surface area (Å²) in [6, 6.07) is 0. The summed E-state index contributed by atoms with van der Waals surface area (Å²) in [5.41, 5.74) is 0. The highest BCUT2D eigenvalue weighted by Crippen LogP contribution is 2.07. The van der Waals surface area contributed by atoms with Crippen LogP contribution in [0.15, 0.2) is 12.7 Å². The molecule has 0 aromatic heterocycles. The fourth-order valence-electron chi connectivity index (χ4n) is 2.28. The Bertz CT molecular complexity index is 140. The zero-order chi connectivity index (χ0) is 15.3. The van der Waals surface area contributed by atoms with E-state index < -0.39 is 0 Å². The third kappa shape index (κ3) is 26.3. The number of hydrogen-bond donors (Lipinski definition) is 0. The molecule has 0 heteroatoms. The summed E-state index contributed by atoms with van der Waals surface area (Å²) in [4.78, 5) is 0. The van der Waals surface area contributed by atoms with Gasteiger partial charge in [-0.05, 0) is 12.8 Å². The van der Waals surface area contributed by atoms with Crippen LogP contribution in [0.4, 0.5) is 0 Å². The zero-order valence-corrected chi connectivity index (χ0v) is 14.9. The first-order valence-electron chi connectivity index (χ1n) is 9.44. The maximum absolute atomic E-state index is 3.69. The third-order valence-corrected chi connectivity index (χ3v) is 3.72. The Kier molecular flexibility index (Phi) is 26.2. The molecule has 0 aromatic rings. The van der Waals surface area contributed by atoms with Crippen LogP contribution in [0.3, 0.4) is 0 Å². The van der Waals surface area contributed by atoms with E-state index in [4.69, 9.17) is 0 Å². The number of rotatable bonds is 14. The van der Waals surface area contributed by atoms with Crippen molar-refractivity contribution < 1.29 is 0 Å². The zero-order valence-electron chi connectivity index (χ0n) is 14.9. The molecular weight excluding hydrogens is 240 g/mol. The second-order valence-corrected chi connectivity index (χ2v) is 5.97. The third-order valence-electron chi connectivity index (χ3n) is 3.72. The minimum absolute atomic E-state index is 1.20. The molecule has 0 saturated carbocycles. The SMILES string of the molecule is C=CCCCCCCCC.CCCCCCCCCC. The molecule has 0 bridgehead atoms. The molecule has 0 aliphatic heterocycles. The van der Waals surface area contributed by atoms with E-state index in [1.807, 2.05) is 6.08 Å². The molecule has 0 N–H and O–H groups in total. The summed E-state index contributed by atoms with van der Waals surface area (Å²) >= 11 is 0. The minimum atomic E-state index is 1.20. The van der Waals surface area contributed by atoms with Gasteiger partial charge in [0.2, 0.25) is 0 Å². The summed E-state index contributed by atoms with van der Waals surface area (Å²) in [7, 11) is 0. The monoisotopic (exact) mass is 282 g/mol. The molecule has 0 spiro atoms. The van der Waals surface area contributed by atoms with Crippen molar-refractivity contribution in [2.24, 2.45) is 0 Å². The van der Waals surface area contributed by atoms with E-state index in [1.165, 1.54) is 96.3 Å². The standard InChI is InChI=1S/C10H22.C10H20/c2*1-3-5-7-9-10-8-6-4-2/h3-10H2,1-2H3;3H,1,4-10H2,2H3. The highest BCUT2D eigenvalue weighted by molar-refractivity contribution is 4.65. The largest absolute Gasteiger partial charge is 0.103 e. The molecule has 20 heavy (non-hydrogen) atoms. The smallest absolute Gasteiger partial charge is 0.0353 e. The van der Waals surface area contributed by atoms with Crippen molar-refractivity contribution in [3.63, 3.8) is 0 Å². The predicted molar refractivity (Wildman–Crippen MR) is 96.5 cm³/mol. The van der Waals surface area contributed by atoms with Crippen LogP contribution in [0, 0.1) is 0 Å². The van der Waals surface area contributed by atoms with Gasteiger partial charge in [-0.1, -0.05) is 110 Å². The van der Waals surface area contributed by atoms with E-state index in [0.717, 1.165) is 0 Å². The van der Waals surface area contributed by atoms with Crippen molar-refractivity contribution in [1.82, 2.24) is 0 Å². The van der Waals surface area contributed by atoms with Gasteiger partial charge in [0.25, 0.3) is 0 Å². The van der Waals surface area contributed by atoms with E-state index in [2.05, 4.69) is 27.4 Å². The Morgan fingerprint density at radius 2 is 0.800 bits per heavy atom. The fourth-order valence-corrected chi connectivity index (χ4v) is 2.28. The van der Waals surface area contributed by atoms with Gasteiger partial charge in [-0.2, -0.15) is 0 Å². The van der Waals surface area contributed by atoms with Crippen molar-refractivity contribution in [1.29, 1.82) is 0 Å². The Balaban J connectivity index is 0. The molecule has 0 saturated heterocycles. The van der Waals surface area contributed by atoms with E-state index in [9.17, 15) is 0 Å². The molecule has 0 nitrogen and oxygen atoms in total. The van der Waals surface area contributed by atoms with Gasteiger partial charge in [-0.25, -0.2) is 0 Å². The maximum atomic E-state index is 3.69. The first kappa shape index (κ1) is 22.0. The van der Waals surface area contributed by atoms with Crippen molar-refractivity contribution in [3.8, 4) is 0 Å². The summed E-state index contributed by atoms with van der Waals surface area (Å²) in [6.07, 6.45) is 23.0. The Hall–Kier alpha value is -0.260. The van der Waals surface area contributed by atoms with Gasteiger partial charge in [0.15, 0.2) is 0 Å². The van der Waals surface area contributed by atoms with Crippen molar-refractivity contribution >= 4 is 0 Å². The van der Waals surface area contributed by atoms with Crippen LogP contribution >= 0.6 is 0 Å². The van der Waals surface area contributed by atoms with Crippen LogP contribution < -0.4 is 0 Å². The lowest BCUT2D eigenvalue weighted by molar-refractivity contribution is 0.585. The highest BCUT2D eigenvalue weighted by atomic mass is 13.9. The summed E-state index contributed by atoms with van der Waals surface area (Å²) in [6.45, 7) is 10.5. The average molecular weight is 283 g/mol. The van der Waals surface area contributed by atoms with Crippen LogP contribution in [0.2, 0.25) is 0 Å². The number of unbranched alkanes of at least 4 members (excludes halogenated alkanes) is 13. The highest BCUT2D eigenvalue weighted by Gasteiger charge is 1.88. The Labute approximate surface area is 130 Å². The van der Waals surface area contributed by atoms with Crippen molar-refractivity contribution in [3.05, 3.63) is 12.7 Å². The predicted octanol–water partition coefficient (Wildman–Crippen LogP) is 8.07. The fraction of sp³-hybridized carbons (Fsp3) is 0.900. The number of allylic oxidation sites excluding steroid dienone is 1. The average Bonchev–Trinajstić information content (AvgIpc) is 2.47. The summed E-state index contributed by atoms with van der Waals surface area (Å²) in [5, 5.41) is 0. The van der Waals surface area contributed by atoms with Crippen molar-refractivity contribution in [2.75, 3.05) is 0 Å².